The number of ketones is 1. The Morgan fingerprint density at radius 1 is 1.36 bits per heavy atom. The van der Waals surface area contributed by atoms with E-state index in [1.54, 1.807) is 24.3 Å². The summed E-state index contributed by atoms with van der Waals surface area (Å²) in [5.74, 6) is -0.0637. The molecule has 0 aromatic heterocycles. The minimum absolute atomic E-state index is 0.0259. The third-order valence-corrected chi connectivity index (χ3v) is 1.85. The van der Waals surface area contributed by atoms with Crippen molar-refractivity contribution in [3.05, 3.63) is 35.4 Å². The molecule has 0 unspecified atom stereocenters. The molecule has 0 aliphatic rings. The highest BCUT2D eigenvalue weighted by Crippen LogP contribution is 2.11. The molecule has 0 bridgehead atoms. The third-order valence-electron chi connectivity index (χ3n) is 1.74. The highest BCUT2D eigenvalue weighted by Gasteiger charge is 2.07. The van der Waals surface area contributed by atoms with Crippen LogP contribution < -0.4 is 0 Å². The fourth-order valence-electron chi connectivity index (χ4n) is 1.12. The number of hydrogen-bond donors (Lipinski definition) is 0. The van der Waals surface area contributed by atoms with Gasteiger partial charge < -0.3 is 4.74 Å². The number of rotatable bonds is 3. The van der Waals surface area contributed by atoms with Gasteiger partial charge in [-0.1, -0.05) is 24.3 Å². The van der Waals surface area contributed by atoms with Gasteiger partial charge in [0.05, 0.1) is 0 Å². The minimum atomic E-state index is -0.872. The molecule has 0 aliphatic carbocycles. The lowest BCUT2D eigenvalue weighted by molar-refractivity contribution is 0.101. The molecule has 0 atom stereocenters. The Morgan fingerprint density at radius 3 is 2.57 bits per heavy atom. The Morgan fingerprint density at radius 2 is 2.00 bits per heavy atom. The van der Waals surface area contributed by atoms with Gasteiger partial charge in [0.1, 0.15) is 6.61 Å². The zero-order chi connectivity index (χ0) is 10.6. The van der Waals surface area contributed by atoms with Crippen LogP contribution in [0.4, 0.5) is 4.79 Å². The second-order valence-corrected chi connectivity index (χ2v) is 3.05. The Labute approximate surface area is 86.6 Å². The van der Waals surface area contributed by atoms with Crippen LogP contribution in [0.25, 0.3) is 0 Å². The summed E-state index contributed by atoms with van der Waals surface area (Å²) in [7, 11) is 0. The van der Waals surface area contributed by atoms with Crippen molar-refractivity contribution < 1.29 is 14.3 Å². The summed E-state index contributed by atoms with van der Waals surface area (Å²) in [6.45, 7) is 1.49. The van der Waals surface area contributed by atoms with Gasteiger partial charge in [0.2, 0.25) is 0 Å². The molecule has 74 valence electrons. The number of carbonyl (C=O) groups is 2. The molecular weight excluding hydrogens is 204 g/mol. The maximum Gasteiger partial charge on any atom is 0.404 e. The molecule has 0 heterocycles. The van der Waals surface area contributed by atoms with Gasteiger partial charge in [-0.2, -0.15) is 0 Å². The zero-order valence-corrected chi connectivity index (χ0v) is 8.38. The summed E-state index contributed by atoms with van der Waals surface area (Å²) in [5.41, 5.74) is 0.336. The zero-order valence-electron chi connectivity index (χ0n) is 7.62. The minimum Gasteiger partial charge on any atom is -0.449 e. The lowest BCUT2D eigenvalue weighted by Gasteiger charge is -2.05. The Hall–Kier alpha value is -1.35. The standard InChI is InChI=1S/C10H9ClO3/c1-7(12)9-5-3-2-4-8(9)6-14-10(11)13/h2-5H,6H2,1H3. The van der Waals surface area contributed by atoms with Crippen LogP contribution in [0.1, 0.15) is 22.8 Å². The van der Waals surface area contributed by atoms with Crippen molar-refractivity contribution in [3.63, 3.8) is 0 Å². The van der Waals surface area contributed by atoms with Crippen LogP contribution in [0.2, 0.25) is 0 Å². The van der Waals surface area contributed by atoms with Gasteiger partial charge in [-0.25, -0.2) is 4.79 Å². The first-order valence-electron chi connectivity index (χ1n) is 4.02. The molecule has 0 spiro atoms. The fourth-order valence-corrected chi connectivity index (χ4v) is 1.18. The SMILES string of the molecule is CC(=O)c1ccccc1COC(=O)Cl. The molecule has 0 saturated carbocycles. The Bertz CT molecular complexity index is 360. The molecule has 0 radical (unpaired) electrons. The fraction of sp³-hybridized carbons (Fsp3) is 0.200. The van der Waals surface area contributed by atoms with Gasteiger partial charge in [0.25, 0.3) is 0 Å². The molecule has 0 fully saturated rings. The van der Waals surface area contributed by atoms with E-state index in [2.05, 4.69) is 4.74 Å². The third kappa shape index (κ3) is 2.85. The number of carbonyl (C=O) groups excluding carboxylic acids is 2. The number of hydrogen-bond acceptors (Lipinski definition) is 3. The molecule has 1 aromatic rings. The van der Waals surface area contributed by atoms with Gasteiger partial charge in [-0.15, -0.1) is 0 Å². The highest BCUT2D eigenvalue weighted by molar-refractivity contribution is 6.61. The summed E-state index contributed by atoms with van der Waals surface area (Å²) in [6, 6.07) is 6.92. The molecule has 1 rings (SSSR count). The van der Waals surface area contributed by atoms with Crippen LogP contribution in [0.3, 0.4) is 0 Å². The van der Waals surface area contributed by atoms with Gasteiger partial charge >= 0.3 is 5.43 Å². The van der Waals surface area contributed by atoms with Crippen molar-refractivity contribution in [3.8, 4) is 0 Å². The van der Waals surface area contributed by atoms with Gasteiger partial charge in [0, 0.05) is 22.7 Å². The molecule has 0 aliphatic heterocycles. The van der Waals surface area contributed by atoms with E-state index in [0.29, 0.717) is 11.1 Å². The van der Waals surface area contributed by atoms with E-state index in [4.69, 9.17) is 11.6 Å². The average molecular weight is 213 g/mol. The van der Waals surface area contributed by atoms with E-state index < -0.39 is 5.43 Å². The first-order valence-corrected chi connectivity index (χ1v) is 4.40. The molecular formula is C10H9ClO3. The van der Waals surface area contributed by atoms with Gasteiger partial charge in [0.15, 0.2) is 5.78 Å². The number of benzene rings is 1. The van der Waals surface area contributed by atoms with Crippen molar-refractivity contribution >= 4 is 22.8 Å². The predicted molar refractivity (Wildman–Crippen MR) is 52.5 cm³/mol. The topological polar surface area (TPSA) is 43.4 Å². The lowest BCUT2D eigenvalue weighted by atomic mass is 10.1. The number of halogens is 1. The summed E-state index contributed by atoms with van der Waals surface area (Å²) < 4.78 is 4.59. The normalized spacial score (nSPS) is 9.57. The van der Waals surface area contributed by atoms with E-state index in [-0.39, 0.29) is 12.4 Å². The first-order chi connectivity index (χ1) is 6.61. The predicted octanol–water partition coefficient (Wildman–Crippen LogP) is 2.76. The van der Waals surface area contributed by atoms with Gasteiger partial charge in [-0.05, 0) is 6.92 Å². The smallest absolute Gasteiger partial charge is 0.404 e. The van der Waals surface area contributed by atoms with E-state index in [1.165, 1.54) is 6.92 Å². The van der Waals surface area contributed by atoms with Crippen LogP contribution in [0, 0.1) is 0 Å². The Balaban J connectivity index is 2.84. The quantitative estimate of drug-likeness (QED) is 0.572. The van der Waals surface area contributed by atoms with Gasteiger partial charge in [-0.3, -0.25) is 4.79 Å². The van der Waals surface area contributed by atoms with Crippen LogP contribution in [0.15, 0.2) is 24.3 Å². The molecule has 0 saturated heterocycles. The van der Waals surface area contributed by atoms with Crippen LogP contribution >= 0.6 is 11.6 Å². The van der Waals surface area contributed by atoms with E-state index >= 15 is 0 Å². The first kappa shape index (κ1) is 10.7. The molecule has 0 N–H and O–H groups in total. The van der Waals surface area contributed by atoms with Crippen molar-refractivity contribution in [2.75, 3.05) is 0 Å². The van der Waals surface area contributed by atoms with Crippen LogP contribution in [-0.2, 0) is 11.3 Å². The largest absolute Gasteiger partial charge is 0.449 e. The average Bonchev–Trinajstić information content (AvgIpc) is 2.15. The van der Waals surface area contributed by atoms with Crippen molar-refractivity contribution in [1.82, 2.24) is 0 Å². The molecule has 1 aromatic carbocycles. The van der Waals surface area contributed by atoms with E-state index in [9.17, 15) is 9.59 Å². The van der Waals surface area contributed by atoms with Crippen molar-refractivity contribution in [1.29, 1.82) is 0 Å². The summed E-state index contributed by atoms with van der Waals surface area (Å²) in [5, 5.41) is 0. The molecule has 4 heteroatoms. The second kappa shape index (κ2) is 4.77. The maximum absolute atomic E-state index is 11.1. The summed E-state index contributed by atoms with van der Waals surface area (Å²) in [6.07, 6.45) is 0. The van der Waals surface area contributed by atoms with Crippen molar-refractivity contribution in [2.45, 2.75) is 13.5 Å². The highest BCUT2D eigenvalue weighted by atomic mass is 35.5. The van der Waals surface area contributed by atoms with E-state index in [1.807, 2.05) is 0 Å². The van der Waals surface area contributed by atoms with E-state index in [0.717, 1.165) is 0 Å². The lowest BCUT2D eigenvalue weighted by Crippen LogP contribution is -2.02. The monoisotopic (exact) mass is 212 g/mol. The number of ether oxygens (including phenoxy) is 1. The second-order valence-electron chi connectivity index (χ2n) is 2.74. The molecule has 0 amide bonds. The maximum atomic E-state index is 11.1. The van der Waals surface area contributed by atoms with Crippen molar-refractivity contribution in [2.24, 2.45) is 0 Å². The molecule has 3 nitrogen and oxygen atoms in total. The molecule has 14 heavy (non-hydrogen) atoms. The number of Topliss-reactive ketones (excluding diaryl/α,β-unsaturated/α-hetero) is 1. The summed E-state index contributed by atoms with van der Waals surface area (Å²) >= 11 is 5.01. The summed E-state index contributed by atoms with van der Waals surface area (Å²) in [4.78, 5) is 21.5. The Kier molecular flexibility index (Phi) is 3.65. The van der Waals surface area contributed by atoms with Crippen LogP contribution in [-0.4, -0.2) is 11.2 Å². The van der Waals surface area contributed by atoms with Crippen LogP contribution in [0.5, 0.6) is 0 Å².